The molecule has 4 bridgehead atoms. The van der Waals surface area contributed by atoms with Gasteiger partial charge in [-0.2, -0.15) is 0 Å². The van der Waals surface area contributed by atoms with Gasteiger partial charge in [0.25, 0.3) is 0 Å². The van der Waals surface area contributed by atoms with E-state index in [9.17, 15) is 19.8 Å². The number of aromatic amines is 1. The van der Waals surface area contributed by atoms with Crippen molar-refractivity contribution in [3.63, 3.8) is 0 Å². The molecule has 1 saturated heterocycles. The lowest BCUT2D eigenvalue weighted by atomic mass is 9.57. The molecule has 9 heteroatoms. The van der Waals surface area contributed by atoms with Crippen LogP contribution < -0.4 is 0 Å². The van der Waals surface area contributed by atoms with E-state index < -0.39 is 54.2 Å². The van der Waals surface area contributed by atoms with Crippen LogP contribution in [0.4, 0.5) is 0 Å². The van der Waals surface area contributed by atoms with Gasteiger partial charge in [0.15, 0.2) is 6.10 Å². The highest BCUT2D eigenvalue weighted by Gasteiger charge is 2.69. The Morgan fingerprint density at radius 2 is 2.05 bits per heavy atom. The van der Waals surface area contributed by atoms with Gasteiger partial charge >= 0.3 is 11.9 Å². The molecule has 2 aliphatic carbocycles. The lowest BCUT2D eigenvalue weighted by molar-refractivity contribution is -0.172. The van der Waals surface area contributed by atoms with Gasteiger partial charge in [0.05, 0.1) is 12.2 Å². The summed E-state index contributed by atoms with van der Waals surface area (Å²) in [6, 6.07) is 3.37. The van der Waals surface area contributed by atoms with E-state index in [1.165, 1.54) is 7.11 Å². The highest BCUT2D eigenvalue weighted by molar-refractivity contribution is 5.87. The standard InChI is InChI=1S/C28H37NO8/c1-13-11-14(2)28-17(12-20(34-5)27(33)35-23(13)16(4)30)8-9-18-21(28)22(31)15(3)24(25(18)37-28)36-26(32)19-7-6-10-29-19/h6-11,13,15-18,20-25,29-31H,12H2,1-5H3/b14-11+/t13-,15-,16-,17-,18-,20?,21+,22-,23+,24-,25-,28+/m1/s1. The zero-order valence-corrected chi connectivity index (χ0v) is 21.9. The first-order chi connectivity index (χ1) is 17.6. The molecule has 0 radical (unpaired) electrons. The molecule has 0 aromatic carbocycles. The van der Waals surface area contributed by atoms with Gasteiger partial charge in [-0.3, -0.25) is 0 Å². The second-order valence-electron chi connectivity index (χ2n) is 11.1. The number of hydrogen-bond acceptors (Lipinski definition) is 8. The molecule has 2 fully saturated rings. The summed E-state index contributed by atoms with van der Waals surface area (Å²) in [7, 11) is 1.46. The van der Waals surface area contributed by atoms with Crippen molar-refractivity contribution in [1.29, 1.82) is 0 Å². The van der Waals surface area contributed by atoms with Crippen LogP contribution in [0.5, 0.6) is 0 Å². The lowest BCUT2D eigenvalue weighted by Gasteiger charge is -2.48. The summed E-state index contributed by atoms with van der Waals surface area (Å²) in [5, 5.41) is 22.1. The smallest absolute Gasteiger partial charge is 0.355 e. The van der Waals surface area contributed by atoms with E-state index in [0.717, 1.165) is 5.57 Å². The average molecular weight is 516 g/mol. The van der Waals surface area contributed by atoms with Crippen LogP contribution in [0.1, 0.15) is 44.6 Å². The topological polar surface area (TPSA) is 127 Å². The molecule has 37 heavy (non-hydrogen) atoms. The summed E-state index contributed by atoms with van der Waals surface area (Å²) >= 11 is 0. The zero-order valence-electron chi connectivity index (χ0n) is 21.9. The van der Waals surface area contributed by atoms with Gasteiger partial charge in [0, 0.05) is 42.9 Å². The van der Waals surface area contributed by atoms with Gasteiger partial charge in [0.2, 0.25) is 0 Å². The van der Waals surface area contributed by atoms with Crippen LogP contribution in [-0.2, 0) is 23.7 Å². The number of nitrogens with one attached hydrogen (secondary N) is 1. The van der Waals surface area contributed by atoms with E-state index >= 15 is 0 Å². The number of carbonyl (C=O) groups excluding carboxylic acids is 2. The van der Waals surface area contributed by atoms with Crippen LogP contribution in [-0.4, -0.2) is 76.5 Å². The normalized spacial score (nSPS) is 45.3. The van der Waals surface area contributed by atoms with Gasteiger partial charge in [-0.05, 0) is 38.0 Å². The predicted molar refractivity (Wildman–Crippen MR) is 132 cm³/mol. The maximum Gasteiger partial charge on any atom is 0.355 e. The Morgan fingerprint density at radius 1 is 1.30 bits per heavy atom. The van der Waals surface area contributed by atoms with E-state index in [4.69, 9.17) is 18.9 Å². The van der Waals surface area contributed by atoms with Gasteiger partial charge in [-0.25, -0.2) is 9.59 Å². The number of esters is 2. The van der Waals surface area contributed by atoms with Crippen molar-refractivity contribution in [2.45, 2.75) is 76.3 Å². The first-order valence-corrected chi connectivity index (χ1v) is 13.1. The Bertz CT molecular complexity index is 1080. The SMILES string of the molecule is COC1C[C@H]2C=C[C@H]3[C@H]4O[C@]2(/C(C)=C/[C@@H](C)[C@@H]([C@@H](C)O)OC1=O)[C@@H]3[C@H](O)[C@@H](C)[C@H]4OC(=O)c1ccc[nH]1. The number of aliphatic hydroxyl groups is 2. The van der Waals surface area contributed by atoms with Crippen molar-refractivity contribution >= 4 is 11.9 Å². The summed E-state index contributed by atoms with van der Waals surface area (Å²) in [5.74, 6) is -2.49. The second kappa shape index (κ2) is 9.69. The fourth-order valence-corrected chi connectivity index (χ4v) is 7.14. The third-order valence-electron chi connectivity index (χ3n) is 8.94. The number of cyclic esters (lactones) is 1. The Morgan fingerprint density at radius 3 is 2.70 bits per heavy atom. The molecule has 4 aliphatic rings. The minimum absolute atomic E-state index is 0.175. The number of methoxy groups -OCH3 is 1. The molecule has 3 N–H and O–H groups in total. The summed E-state index contributed by atoms with van der Waals surface area (Å²) in [4.78, 5) is 28.8. The first-order valence-electron chi connectivity index (χ1n) is 13.1. The molecule has 1 spiro atoms. The van der Waals surface area contributed by atoms with Crippen LogP contribution in [0, 0.1) is 29.6 Å². The highest BCUT2D eigenvalue weighted by Crippen LogP contribution is 2.61. The molecule has 1 saturated carbocycles. The molecular weight excluding hydrogens is 478 g/mol. The molecule has 3 heterocycles. The van der Waals surface area contributed by atoms with Crippen LogP contribution in [0.25, 0.3) is 0 Å². The number of aliphatic hydroxyl groups excluding tert-OH is 2. The summed E-state index contributed by atoms with van der Waals surface area (Å²) < 4.78 is 24.2. The molecular formula is C28H37NO8. The van der Waals surface area contributed by atoms with E-state index in [1.54, 1.807) is 25.3 Å². The minimum atomic E-state index is -0.933. The Hall–Kier alpha value is -2.46. The molecule has 1 aromatic heterocycles. The van der Waals surface area contributed by atoms with E-state index in [1.807, 2.05) is 39.0 Å². The third-order valence-corrected chi connectivity index (χ3v) is 8.94. The molecule has 12 atom stereocenters. The van der Waals surface area contributed by atoms with Gasteiger partial charge in [-0.15, -0.1) is 0 Å². The summed E-state index contributed by atoms with van der Waals surface area (Å²) in [6.45, 7) is 7.35. The molecule has 9 nitrogen and oxygen atoms in total. The van der Waals surface area contributed by atoms with E-state index in [-0.39, 0.29) is 36.0 Å². The second-order valence-corrected chi connectivity index (χ2v) is 11.1. The van der Waals surface area contributed by atoms with Crippen molar-refractivity contribution in [1.82, 2.24) is 4.98 Å². The molecule has 2 aliphatic heterocycles. The lowest BCUT2D eigenvalue weighted by Crippen LogP contribution is -2.57. The Kier molecular flexibility index (Phi) is 6.85. The highest BCUT2D eigenvalue weighted by atomic mass is 16.6. The monoisotopic (exact) mass is 515 g/mol. The molecule has 202 valence electrons. The van der Waals surface area contributed by atoms with E-state index in [0.29, 0.717) is 5.69 Å². The maximum absolute atomic E-state index is 13.1. The van der Waals surface area contributed by atoms with Crippen molar-refractivity contribution < 1.29 is 38.7 Å². The number of ether oxygens (including phenoxy) is 4. The van der Waals surface area contributed by atoms with Crippen LogP contribution >= 0.6 is 0 Å². The van der Waals surface area contributed by atoms with Crippen molar-refractivity contribution in [3.05, 3.63) is 47.8 Å². The van der Waals surface area contributed by atoms with Gasteiger partial charge in [0.1, 0.15) is 29.6 Å². The third kappa shape index (κ3) is 4.07. The largest absolute Gasteiger partial charge is 0.457 e. The predicted octanol–water partition coefficient (Wildman–Crippen LogP) is 2.40. The number of aromatic nitrogens is 1. The number of carbonyl (C=O) groups is 2. The summed E-state index contributed by atoms with van der Waals surface area (Å²) in [6.07, 6.45) is 3.53. The molecule has 0 amide bonds. The fraction of sp³-hybridized carbons (Fsp3) is 0.643. The molecule has 1 unspecified atom stereocenters. The van der Waals surface area contributed by atoms with Crippen LogP contribution in [0.3, 0.4) is 0 Å². The van der Waals surface area contributed by atoms with E-state index in [2.05, 4.69) is 4.98 Å². The first kappa shape index (κ1) is 26.2. The van der Waals surface area contributed by atoms with Crippen molar-refractivity contribution in [2.24, 2.45) is 29.6 Å². The maximum atomic E-state index is 13.1. The van der Waals surface area contributed by atoms with Gasteiger partial charge < -0.3 is 34.1 Å². The Balaban J connectivity index is 1.58. The number of hydrogen-bond donors (Lipinski definition) is 3. The minimum Gasteiger partial charge on any atom is -0.457 e. The van der Waals surface area contributed by atoms with Crippen molar-refractivity contribution in [2.75, 3.05) is 7.11 Å². The van der Waals surface area contributed by atoms with Gasteiger partial charge in [-0.1, -0.05) is 32.1 Å². The van der Waals surface area contributed by atoms with Crippen LogP contribution in [0.15, 0.2) is 42.1 Å². The van der Waals surface area contributed by atoms with Crippen molar-refractivity contribution in [3.8, 4) is 0 Å². The molecule has 5 rings (SSSR count). The fourth-order valence-electron chi connectivity index (χ4n) is 7.14. The number of H-pyrrole nitrogens is 1. The Labute approximate surface area is 216 Å². The average Bonchev–Trinajstić information content (AvgIpc) is 3.46. The van der Waals surface area contributed by atoms with Crippen LogP contribution in [0.2, 0.25) is 0 Å². The zero-order chi connectivity index (χ0) is 26.6. The molecule has 1 aromatic rings. The summed E-state index contributed by atoms with van der Waals surface area (Å²) in [5.41, 5.74) is 0.301. The number of rotatable bonds is 4. The quantitative estimate of drug-likeness (QED) is 0.412.